The first-order chi connectivity index (χ1) is 13.5. The zero-order chi connectivity index (χ0) is 20.1. The fraction of sp³-hybridized carbons (Fsp3) is 0.200. The van der Waals surface area contributed by atoms with Crippen LogP contribution in [0.3, 0.4) is 0 Å². The monoisotopic (exact) mass is 435 g/mol. The molecule has 1 unspecified atom stereocenters. The third kappa shape index (κ3) is 4.82. The summed E-state index contributed by atoms with van der Waals surface area (Å²) in [6.07, 6.45) is 3.54. The molecule has 3 aromatic rings. The van der Waals surface area contributed by atoms with Gasteiger partial charge in [0.1, 0.15) is 17.6 Å². The second-order valence-electron chi connectivity index (χ2n) is 6.00. The molecule has 1 N–H and O–H groups in total. The fourth-order valence-electron chi connectivity index (χ4n) is 2.78. The van der Waals surface area contributed by atoms with Crippen molar-refractivity contribution in [3.63, 3.8) is 0 Å². The third-order valence-corrected chi connectivity index (χ3v) is 5.86. The number of halogens is 2. The van der Waals surface area contributed by atoms with Crippen LogP contribution in [0.15, 0.2) is 59.8 Å². The molecule has 0 aliphatic rings. The van der Waals surface area contributed by atoms with Crippen molar-refractivity contribution in [2.75, 3.05) is 12.9 Å². The number of carbonyl (C=O) groups is 1. The largest absolute Gasteiger partial charge is 0.496 e. The van der Waals surface area contributed by atoms with Gasteiger partial charge in [-0.15, -0.1) is 11.8 Å². The standard InChI is InChI=1S/C20H19Cl2N3O2S/c1-25-10-9-23-20(25)19(14-5-3-4-6-16(14)27-2)24-18(26)12-28-17-11-13(21)7-8-15(17)22/h3-11,19H,12H2,1-2H3,(H,24,26). The molecule has 0 saturated heterocycles. The van der Waals surface area contributed by atoms with Gasteiger partial charge in [0.05, 0.1) is 17.9 Å². The van der Waals surface area contributed by atoms with Crippen molar-refractivity contribution >= 4 is 40.9 Å². The Kier molecular flexibility index (Phi) is 6.88. The summed E-state index contributed by atoms with van der Waals surface area (Å²) < 4.78 is 7.35. The molecule has 1 aromatic heterocycles. The fourth-order valence-corrected chi connectivity index (χ4v) is 4.08. The van der Waals surface area contributed by atoms with Gasteiger partial charge in [-0.3, -0.25) is 4.79 Å². The normalized spacial score (nSPS) is 11.9. The topological polar surface area (TPSA) is 56.1 Å². The van der Waals surface area contributed by atoms with Gasteiger partial charge in [0.25, 0.3) is 0 Å². The van der Waals surface area contributed by atoms with Gasteiger partial charge in [-0.05, 0) is 24.3 Å². The SMILES string of the molecule is COc1ccccc1C(NC(=O)CSc1cc(Cl)ccc1Cl)c1nccn1C. The van der Waals surface area contributed by atoms with E-state index in [0.29, 0.717) is 21.6 Å². The number of methoxy groups -OCH3 is 1. The number of thioether (sulfide) groups is 1. The van der Waals surface area contributed by atoms with E-state index in [2.05, 4.69) is 10.3 Å². The molecule has 1 amide bonds. The van der Waals surface area contributed by atoms with E-state index in [-0.39, 0.29) is 11.7 Å². The summed E-state index contributed by atoms with van der Waals surface area (Å²) in [5, 5.41) is 4.20. The number of hydrogen-bond acceptors (Lipinski definition) is 4. The molecule has 5 nitrogen and oxygen atoms in total. The maximum atomic E-state index is 12.7. The smallest absolute Gasteiger partial charge is 0.231 e. The predicted molar refractivity (Wildman–Crippen MR) is 113 cm³/mol. The number of ether oxygens (including phenoxy) is 1. The number of amides is 1. The van der Waals surface area contributed by atoms with Crippen LogP contribution in [0.4, 0.5) is 0 Å². The van der Waals surface area contributed by atoms with E-state index in [1.54, 1.807) is 31.5 Å². The summed E-state index contributed by atoms with van der Waals surface area (Å²) in [6.45, 7) is 0. The lowest BCUT2D eigenvalue weighted by Crippen LogP contribution is -2.32. The Bertz CT molecular complexity index is 978. The lowest BCUT2D eigenvalue weighted by atomic mass is 10.0. The van der Waals surface area contributed by atoms with Crippen LogP contribution < -0.4 is 10.1 Å². The van der Waals surface area contributed by atoms with Crippen molar-refractivity contribution in [2.24, 2.45) is 7.05 Å². The van der Waals surface area contributed by atoms with Gasteiger partial charge in [-0.1, -0.05) is 41.4 Å². The average molecular weight is 436 g/mol. The maximum absolute atomic E-state index is 12.7. The summed E-state index contributed by atoms with van der Waals surface area (Å²) in [4.78, 5) is 17.9. The Hall–Kier alpha value is -2.15. The van der Waals surface area contributed by atoms with Crippen molar-refractivity contribution in [1.29, 1.82) is 0 Å². The third-order valence-electron chi connectivity index (χ3n) is 4.12. The van der Waals surface area contributed by atoms with Gasteiger partial charge in [-0.2, -0.15) is 0 Å². The molecular weight excluding hydrogens is 417 g/mol. The molecule has 0 aliphatic heterocycles. The van der Waals surface area contributed by atoms with Crippen LogP contribution >= 0.6 is 35.0 Å². The molecule has 0 bridgehead atoms. The number of benzene rings is 2. The van der Waals surface area contributed by atoms with Gasteiger partial charge < -0.3 is 14.6 Å². The Morgan fingerprint density at radius 1 is 1.29 bits per heavy atom. The number of imidazole rings is 1. The van der Waals surface area contributed by atoms with Gasteiger partial charge in [-0.25, -0.2) is 4.98 Å². The molecule has 1 atom stereocenters. The van der Waals surface area contributed by atoms with E-state index in [1.807, 2.05) is 42.1 Å². The lowest BCUT2D eigenvalue weighted by molar-refractivity contribution is -0.119. The van der Waals surface area contributed by atoms with E-state index in [0.717, 1.165) is 10.5 Å². The summed E-state index contributed by atoms with van der Waals surface area (Å²) >= 11 is 13.5. The van der Waals surface area contributed by atoms with E-state index < -0.39 is 6.04 Å². The van der Waals surface area contributed by atoms with Gasteiger partial charge >= 0.3 is 0 Å². The molecular formula is C20H19Cl2N3O2S. The molecule has 0 saturated carbocycles. The molecule has 0 spiro atoms. The van der Waals surface area contributed by atoms with E-state index >= 15 is 0 Å². The minimum absolute atomic E-state index is 0.153. The van der Waals surface area contributed by atoms with Crippen molar-refractivity contribution in [3.05, 3.63) is 76.3 Å². The maximum Gasteiger partial charge on any atom is 0.231 e. The number of hydrogen-bond donors (Lipinski definition) is 1. The zero-order valence-corrected chi connectivity index (χ0v) is 17.7. The number of para-hydroxylation sites is 1. The first-order valence-corrected chi connectivity index (χ1v) is 10.2. The Labute approximate surface area is 178 Å². The molecule has 8 heteroatoms. The first kappa shape index (κ1) is 20.6. The average Bonchev–Trinajstić information content (AvgIpc) is 3.12. The second-order valence-corrected chi connectivity index (χ2v) is 7.86. The van der Waals surface area contributed by atoms with Gasteiger partial charge in [0.2, 0.25) is 5.91 Å². The van der Waals surface area contributed by atoms with Gasteiger partial charge in [0.15, 0.2) is 0 Å². The predicted octanol–water partition coefficient (Wildman–Crippen LogP) is 4.73. The van der Waals surface area contributed by atoms with Crippen LogP contribution in [-0.4, -0.2) is 28.3 Å². The van der Waals surface area contributed by atoms with E-state index in [1.165, 1.54) is 11.8 Å². The van der Waals surface area contributed by atoms with E-state index in [4.69, 9.17) is 27.9 Å². The summed E-state index contributed by atoms with van der Waals surface area (Å²) in [5.74, 6) is 1.43. The van der Waals surface area contributed by atoms with Crippen LogP contribution in [0.5, 0.6) is 5.75 Å². The van der Waals surface area contributed by atoms with Crippen molar-refractivity contribution < 1.29 is 9.53 Å². The van der Waals surface area contributed by atoms with Crippen LogP contribution in [0.25, 0.3) is 0 Å². The van der Waals surface area contributed by atoms with Crippen LogP contribution in [0.1, 0.15) is 17.4 Å². The molecule has 1 heterocycles. The quantitative estimate of drug-likeness (QED) is 0.544. The highest BCUT2D eigenvalue weighted by Crippen LogP contribution is 2.31. The Balaban J connectivity index is 1.81. The Morgan fingerprint density at radius 2 is 2.07 bits per heavy atom. The molecule has 0 aliphatic carbocycles. The van der Waals surface area contributed by atoms with Crippen LogP contribution in [-0.2, 0) is 11.8 Å². The highest BCUT2D eigenvalue weighted by Gasteiger charge is 2.23. The van der Waals surface area contributed by atoms with Gasteiger partial charge in [0, 0.05) is 34.9 Å². The van der Waals surface area contributed by atoms with Crippen molar-refractivity contribution in [2.45, 2.75) is 10.9 Å². The van der Waals surface area contributed by atoms with Crippen molar-refractivity contribution in [1.82, 2.24) is 14.9 Å². The number of aryl methyl sites for hydroxylation is 1. The first-order valence-electron chi connectivity index (χ1n) is 8.47. The van der Waals surface area contributed by atoms with Crippen LogP contribution in [0.2, 0.25) is 10.0 Å². The highest BCUT2D eigenvalue weighted by molar-refractivity contribution is 8.00. The second kappa shape index (κ2) is 9.37. The van der Waals surface area contributed by atoms with Crippen LogP contribution in [0, 0.1) is 0 Å². The molecule has 28 heavy (non-hydrogen) atoms. The molecule has 2 aromatic carbocycles. The molecule has 3 rings (SSSR count). The summed E-state index contributed by atoms with van der Waals surface area (Å²) in [5.41, 5.74) is 0.832. The molecule has 146 valence electrons. The zero-order valence-electron chi connectivity index (χ0n) is 15.4. The Morgan fingerprint density at radius 3 is 2.79 bits per heavy atom. The van der Waals surface area contributed by atoms with Crippen molar-refractivity contribution in [3.8, 4) is 5.75 Å². The number of rotatable bonds is 7. The number of aromatic nitrogens is 2. The van der Waals surface area contributed by atoms with E-state index in [9.17, 15) is 4.79 Å². The molecule has 0 radical (unpaired) electrons. The summed E-state index contributed by atoms with van der Waals surface area (Å²) in [7, 11) is 3.49. The number of nitrogens with one attached hydrogen (secondary N) is 1. The number of carbonyl (C=O) groups excluding carboxylic acids is 1. The summed E-state index contributed by atoms with van der Waals surface area (Å²) in [6, 6.07) is 12.3. The lowest BCUT2D eigenvalue weighted by Gasteiger charge is -2.21. The highest BCUT2D eigenvalue weighted by atomic mass is 35.5. The minimum Gasteiger partial charge on any atom is -0.496 e. The number of nitrogens with zero attached hydrogens (tertiary/aromatic N) is 2. The molecule has 0 fully saturated rings. The minimum atomic E-state index is -0.445.